The molecule has 1 aliphatic heterocycles. The highest BCUT2D eigenvalue weighted by Crippen LogP contribution is 2.32. The Balaban J connectivity index is 1.78. The van der Waals surface area contributed by atoms with Gasteiger partial charge in [-0.1, -0.05) is 28.4 Å². The average Bonchev–Trinajstić information content (AvgIpc) is 2.96. The zero-order chi connectivity index (χ0) is 19.1. The first-order valence-electron chi connectivity index (χ1n) is 7.89. The first kappa shape index (κ1) is 19.6. The Bertz CT molecular complexity index is 919. The summed E-state index contributed by atoms with van der Waals surface area (Å²) in [6, 6.07) is 1.54. The van der Waals surface area contributed by atoms with E-state index in [-0.39, 0.29) is 29.7 Å². The molecular formula is C15H17Cl2N3O4S2. The topological polar surface area (TPSA) is 83.7 Å². The van der Waals surface area contributed by atoms with Gasteiger partial charge in [-0.15, -0.1) is 11.3 Å². The third-order valence-electron chi connectivity index (χ3n) is 4.19. The van der Waals surface area contributed by atoms with Gasteiger partial charge in [-0.05, 0) is 26.3 Å². The number of halogens is 2. The average molecular weight is 438 g/mol. The zero-order valence-electron chi connectivity index (χ0n) is 14.2. The van der Waals surface area contributed by atoms with E-state index in [9.17, 15) is 13.2 Å². The summed E-state index contributed by atoms with van der Waals surface area (Å²) in [5, 5.41) is 3.72. The van der Waals surface area contributed by atoms with Crippen LogP contribution in [0, 0.1) is 13.8 Å². The van der Waals surface area contributed by atoms with E-state index < -0.39 is 10.0 Å². The molecule has 26 heavy (non-hydrogen) atoms. The second-order valence-electron chi connectivity index (χ2n) is 5.94. The fraction of sp³-hybridized carbons (Fsp3) is 0.467. The lowest BCUT2D eigenvalue weighted by Crippen LogP contribution is -2.37. The number of nitrogens with zero attached hydrogens (tertiary/aromatic N) is 3. The maximum absolute atomic E-state index is 12.9. The Morgan fingerprint density at radius 3 is 2.54 bits per heavy atom. The molecule has 0 aromatic carbocycles. The molecule has 1 amide bonds. The van der Waals surface area contributed by atoms with E-state index in [1.54, 1.807) is 24.8 Å². The van der Waals surface area contributed by atoms with Gasteiger partial charge in [0.25, 0.3) is 5.91 Å². The zero-order valence-corrected chi connectivity index (χ0v) is 17.3. The molecule has 3 rings (SSSR count). The van der Waals surface area contributed by atoms with Gasteiger partial charge >= 0.3 is 0 Å². The molecule has 142 valence electrons. The Morgan fingerprint density at radius 1 is 1.23 bits per heavy atom. The Kier molecular flexibility index (Phi) is 5.64. The van der Waals surface area contributed by atoms with E-state index in [1.165, 1.54) is 4.31 Å². The van der Waals surface area contributed by atoms with Crippen molar-refractivity contribution in [3.63, 3.8) is 0 Å². The lowest BCUT2D eigenvalue weighted by atomic mass is 10.3. The van der Waals surface area contributed by atoms with Gasteiger partial charge in [0.05, 0.1) is 9.90 Å². The quantitative estimate of drug-likeness (QED) is 0.735. The molecule has 0 aliphatic carbocycles. The highest BCUT2D eigenvalue weighted by Gasteiger charge is 2.33. The van der Waals surface area contributed by atoms with Crippen LogP contribution >= 0.6 is 34.5 Å². The van der Waals surface area contributed by atoms with Crippen LogP contribution in [0.1, 0.15) is 28.2 Å². The monoisotopic (exact) mass is 437 g/mol. The van der Waals surface area contributed by atoms with Crippen LogP contribution in [0.4, 0.5) is 0 Å². The lowest BCUT2D eigenvalue weighted by molar-refractivity contribution is 0.0765. The smallest absolute Gasteiger partial charge is 0.256 e. The lowest BCUT2D eigenvalue weighted by Gasteiger charge is -2.21. The van der Waals surface area contributed by atoms with Gasteiger partial charge in [0.2, 0.25) is 10.0 Å². The fourth-order valence-electron chi connectivity index (χ4n) is 2.97. The molecule has 0 spiro atoms. The van der Waals surface area contributed by atoms with Crippen molar-refractivity contribution in [1.82, 2.24) is 14.4 Å². The molecule has 1 saturated heterocycles. The van der Waals surface area contributed by atoms with Crippen LogP contribution in [-0.4, -0.2) is 54.9 Å². The fourth-order valence-corrected chi connectivity index (χ4v) is 6.17. The van der Waals surface area contributed by atoms with Gasteiger partial charge in [0, 0.05) is 26.2 Å². The highest BCUT2D eigenvalue weighted by atomic mass is 35.5. The second kappa shape index (κ2) is 7.47. The molecule has 0 N–H and O–H groups in total. The first-order chi connectivity index (χ1) is 12.2. The predicted molar refractivity (Wildman–Crippen MR) is 99.6 cm³/mol. The molecule has 7 nitrogen and oxygen atoms in total. The van der Waals surface area contributed by atoms with E-state index in [0.29, 0.717) is 39.4 Å². The van der Waals surface area contributed by atoms with Gasteiger partial charge in [-0.3, -0.25) is 4.79 Å². The second-order valence-corrected chi connectivity index (χ2v) is 10.1. The summed E-state index contributed by atoms with van der Waals surface area (Å²) >= 11 is 13.1. The van der Waals surface area contributed by atoms with Gasteiger partial charge in [-0.25, -0.2) is 8.42 Å². The van der Waals surface area contributed by atoms with Gasteiger partial charge in [0.15, 0.2) is 5.76 Å². The molecule has 11 heteroatoms. The van der Waals surface area contributed by atoms with Crippen molar-refractivity contribution in [3.05, 3.63) is 31.8 Å². The normalized spacial score (nSPS) is 16.7. The van der Waals surface area contributed by atoms with Crippen LogP contribution in [0.25, 0.3) is 0 Å². The van der Waals surface area contributed by atoms with Crippen molar-refractivity contribution < 1.29 is 17.7 Å². The molecule has 0 unspecified atom stereocenters. The molecule has 1 aliphatic rings. The van der Waals surface area contributed by atoms with Crippen LogP contribution < -0.4 is 0 Å². The molecule has 2 aromatic rings. The highest BCUT2D eigenvalue weighted by molar-refractivity contribution is 7.89. The number of carbonyl (C=O) groups is 1. The number of aryl methyl sites for hydroxylation is 2. The molecule has 2 aromatic heterocycles. The summed E-state index contributed by atoms with van der Waals surface area (Å²) in [7, 11) is -3.73. The molecule has 1 fully saturated rings. The molecule has 3 heterocycles. The van der Waals surface area contributed by atoms with Gasteiger partial charge < -0.3 is 9.42 Å². The molecule has 0 bridgehead atoms. The summed E-state index contributed by atoms with van der Waals surface area (Å²) in [5.74, 6) is 0.0223. The molecule has 0 atom stereocenters. The summed E-state index contributed by atoms with van der Waals surface area (Å²) in [5.41, 5.74) is 0.683. The van der Waals surface area contributed by atoms with Crippen LogP contribution in [-0.2, 0) is 10.0 Å². The van der Waals surface area contributed by atoms with Crippen molar-refractivity contribution in [2.75, 3.05) is 26.2 Å². The summed E-state index contributed by atoms with van der Waals surface area (Å²) in [6.07, 6.45) is 0.518. The minimum absolute atomic E-state index is 0.102. The summed E-state index contributed by atoms with van der Waals surface area (Å²) in [6.45, 7) is 4.38. The largest absolute Gasteiger partial charge is 0.360 e. The van der Waals surface area contributed by atoms with Crippen molar-refractivity contribution in [1.29, 1.82) is 0 Å². The van der Waals surface area contributed by atoms with E-state index >= 15 is 0 Å². The number of rotatable bonds is 3. The van der Waals surface area contributed by atoms with Gasteiger partial charge in [-0.2, -0.15) is 4.31 Å². The van der Waals surface area contributed by atoms with E-state index in [4.69, 9.17) is 27.7 Å². The van der Waals surface area contributed by atoms with Gasteiger partial charge in [0.1, 0.15) is 14.9 Å². The summed E-state index contributed by atoms with van der Waals surface area (Å²) in [4.78, 5) is 14.4. The third-order valence-corrected chi connectivity index (χ3v) is 7.83. The van der Waals surface area contributed by atoms with Crippen molar-refractivity contribution in [3.8, 4) is 0 Å². The number of carbonyl (C=O) groups excluding carboxylic acids is 1. The maximum Gasteiger partial charge on any atom is 0.256 e. The van der Waals surface area contributed by atoms with Crippen molar-refractivity contribution >= 4 is 50.5 Å². The van der Waals surface area contributed by atoms with E-state index in [1.807, 2.05) is 0 Å². The number of aromatic nitrogens is 1. The third kappa shape index (κ3) is 3.63. The SMILES string of the molecule is Cc1noc(C)c1S(=O)(=O)N1CCCN(C(=O)c2cc(Cl)sc2Cl)CC1. The Labute approximate surface area is 165 Å². The summed E-state index contributed by atoms with van der Waals surface area (Å²) < 4.78 is 33.0. The number of hydrogen-bond acceptors (Lipinski definition) is 6. The molecule has 0 saturated carbocycles. The number of amides is 1. The number of hydrogen-bond donors (Lipinski definition) is 0. The van der Waals surface area contributed by atoms with Crippen LogP contribution in [0.2, 0.25) is 8.67 Å². The minimum Gasteiger partial charge on any atom is -0.360 e. The molecule has 0 radical (unpaired) electrons. The number of thiophene rings is 1. The Hall–Kier alpha value is -1.13. The Morgan fingerprint density at radius 2 is 1.96 bits per heavy atom. The van der Waals surface area contributed by atoms with E-state index in [0.717, 1.165) is 11.3 Å². The molecular weight excluding hydrogens is 421 g/mol. The van der Waals surface area contributed by atoms with E-state index in [2.05, 4.69) is 5.16 Å². The standard InChI is InChI=1S/C15H17Cl2N3O4S2/c1-9-13(10(2)24-18-9)26(22,23)20-5-3-4-19(6-7-20)15(21)11-8-12(16)25-14(11)17/h8H,3-7H2,1-2H3. The van der Waals surface area contributed by atoms with Crippen LogP contribution in [0.15, 0.2) is 15.5 Å². The first-order valence-corrected chi connectivity index (χ1v) is 10.9. The minimum atomic E-state index is -3.73. The predicted octanol–water partition coefficient (Wildman–Crippen LogP) is 3.20. The van der Waals surface area contributed by atoms with Crippen LogP contribution in [0.3, 0.4) is 0 Å². The van der Waals surface area contributed by atoms with Crippen molar-refractivity contribution in [2.45, 2.75) is 25.2 Å². The number of sulfonamides is 1. The van der Waals surface area contributed by atoms with Crippen molar-refractivity contribution in [2.24, 2.45) is 0 Å². The van der Waals surface area contributed by atoms with Crippen LogP contribution in [0.5, 0.6) is 0 Å². The maximum atomic E-state index is 12.9.